The lowest BCUT2D eigenvalue weighted by Gasteiger charge is -2.31. The lowest BCUT2D eigenvalue weighted by molar-refractivity contribution is -0.763. The second-order valence-corrected chi connectivity index (χ2v) is 7.80. The van der Waals surface area contributed by atoms with Gasteiger partial charge in [-0.15, -0.1) is 6.58 Å². The van der Waals surface area contributed by atoms with Crippen LogP contribution in [0.5, 0.6) is 0 Å². The Morgan fingerprint density at radius 2 is 2.00 bits per heavy atom. The van der Waals surface area contributed by atoms with Gasteiger partial charge in [-0.1, -0.05) is 48.2 Å². The zero-order valence-electron chi connectivity index (χ0n) is 16.3. The molecule has 1 amide bonds. The van der Waals surface area contributed by atoms with Gasteiger partial charge in [0.25, 0.3) is 6.17 Å². The van der Waals surface area contributed by atoms with Gasteiger partial charge in [0.1, 0.15) is 0 Å². The number of aromatic amines is 1. The summed E-state index contributed by atoms with van der Waals surface area (Å²) in [4.78, 5) is 30.5. The third-order valence-corrected chi connectivity index (χ3v) is 5.76. The van der Waals surface area contributed by atoms with E-state index in [1.165, 1.54) is 18.7 Å². The molecule has 1 aliphatic rings. The number of rotatable bonds is 4. The predicted molar refractivity (Wildman–Crippen MR) is 114 cm³/mol. The number of aromatic nitrogens is 3. The maximum absolute atomic E-state index is 13.1. The van der Waals surface area contributed by atoms with Crippen LogP contribution in [0, 0.1) is 6.92 Å². The molecular weight excluding hydrogens is 384 g/mol. The quantitative estimate of drug-likeness (QED) is 0.411. The summed E-state index contributed by atoms with van der Waals surface area (Å²) in [5.41, 5.74) is 3.52. The summed E-state index contributed by atoms with van der Waals surface area (Å²) in [5.74, 6) is 0.496. The molecule has 0 radical (unpaired) electrons. The number of carbonyl (C=O) groups is 1. The van der Waals surface area contributed by atoms with E-state index in [2.05, 4.69) is 11.6 Å². The first kappa shape index (κ1) is 19.1. The lowest BCUT2D eigenvalue weighted by atomic mass is 9.99. The molecular formula is C22H21N4O2S+. The first-order valence-corrected chi connectivity index (χ1v) is 10.3. The van der Waals surface area contributed by atoms with Crippen LogP contribution in [0.3, 0.4) is 0 Å². The highest BCUT2D eigenvalue weighted by molar-refractivity contribution is 7.99. The van der Waals surface area contributed by atoms with Gasteiger partial charge in [-0.3, -0.25) is 14.6 Å². The van der Waals surface area contributed by atoms with Gasteiger partial charge in [0.05, 0.1) is 11.3 Å². The van der Waals surface area contributed by atoms with Crippen molar-refractivity contribution in [3.63, 3.8) is 0 Å². The molecule has 29 heavy (non-hydrogen) atoms. The van der Waals surface area contributed by atoms with Crippen LogP contribution in [0.15, 0.2) is 71.1 Å². The summed E-state index contributed by atoms with van der Waals surface area (Å²) in [5, 5.41) is 5.21. The third kappa shape index (κ3) is 3.27. The van der Waals surface area contributed by atoms with Crippen molar-refractivity contribution in [1.82, 2.24) is 10.1 Å². The monoisotopic (exact) mass is 405 g/mol. The molecule has 6 nitrogen and oxygen atoms in total. The van der Waals surface area contributed by atoms with Crippen LogP contribution in [0.25, 0.3) is 11.3 Å². The minimum atomic E-state index is -0.552. The molecule has 0 spiro atoms. The fourth-order valence-electron chi connectivity index (χ4n) is 3.67. The second kappa shape index (κ2) is 7.67. The Hall–Kier alpha value is -3.19. The van der Waals surface area contributed by atoms with Crippen molar-refractivity contribution in [3.05, 3.63) is 82.7 Å². The lowest BCUT2D eigenvalue weighted by Crippen LogP contribution is -2.60. The summed E-state index contributed by atoms with van der Waals surface area (Å²) >= 11 is 1.39. The van der Waals surface area contributed by atoms with Crippen LogP contribution in [0.1, 0.15) is 24.2 Å². The van der Waals surface area contributed by atoms with Crippen LogP contribution in [-0.2, 0) is 4.79 Å². The molecule has 1 aromatic heterocycles. The largest absolute Gasteiger partial charge is 0.325 e. The van der Waals surface area contributed by atoms with Gasteiger partial charge in [0, 0.05) is 23.3 Å². The molecule has 0 aliphatic carbocycles. The molecule has 1 N–H and O–H groups in total. The van der Waals surface area contributed by atoms with Gasteiger partial charge in [-0.25, -0.2) is 4.90 Å². The standard InChI is InChI=1S/C22H20N4O2S/c1-4-13-29-22-23-20(28)19-17-11-7-8-12-18(17)25(15(3)27)21(26(19)24-22)16-10-6-5-9-14(16)2/h4-12,21H,1,13H2,2-3H3/p+1/t21-/m1/s1. The van der Waals surface area contributed by atoms with E-state index >= 15 is 0 Å². The second-order valence-electron chi connectivity index (χ2n) is 6.79. The molecule has 4 rings (SSSR count). The van der Waals surface area contributed by atoms with E-state index in [0.717, 1.165) is 11.1 Å². The fraction of sp³-hybridized carbons (Fsp3) is 0.182. The minimum Gasteiger partial charge on any atom is -0.291 e. The third-order valence-electron chi connectivity index (χ3n) is 4.90. The topological polar surface area (TPSA) is 69.9 Å². The number of carbonyl (C=O) groups excluding carboxylic acids is 1. The molecule has 0 saturated carbocycles. The number of thioether (sulfide) groups is 1. The minimum absolute atomic E-state index is 0.119. The number of H-pyrrole nitrogens is 1. The maximum atomic E-state index is 13.1. The number of anilines is 1. The molecule has 0 bridgehead atoms. The zero-order valence-corrected chi connectivity index (χ0v) is 17.1. The van der Waals surface area contributed by atoms with Gasteiger partial charge in [0.2, 0.25) is 11.1 Å². The van der Waals surface area contributed by atoms with E-state index < -0.39 is 6.17 Å². The SMILES string of the molecule is C=CCSc1n[n+]2c(c(=O)[nH]1)-c1ccccc1N(C(C)=O)[C@H]2c1ccccc1C. The van der Waals surface area contributed by atoms with Crippen molar-refractivity contribution in [2.24, 2.45) is 0 Å². The molecule has 2 aromatic carbocycles. The smallest absolute Gasteiger partial charge is 0.291 e. The van der Waals surface area contributed by atoms with Gasteiger partial charge in [0.15, 0.2) is 0 Å². The van der Waals surface area contributed by atoms with Crippen LogP contribution < -0.4 is 15.1 Å². The average Bonchev–Trinajstić information content (AvgIpc) is 2.71. The number of amides is 1. The summed E-state index contributed by atoms with van der Waals surface area (Å²) in [6, 6.07) is 15.3. The Bertz CT molecular complexity index is 1170. The highest BCUT2D eigenvalue weighted by Crippen LogP contribution is 2.37. The molecule has 0 fully saturated rings. The molecule has 1 aliphatic heterocycles. The number of para-hydroxylation sites is 1. The normalized spacial score (nSPS) is 14.8. The van der Waals surface area contributed by atoms with Crippen molar-refractivity contribution in [2.45, 2.75) is 25.2 Å². The van der Waals surface area contributed by atoms with E-state index in [-0.39, 0.29) is 11.5 Å². The molecule has 3 aromatic rings. The number of nitrogens with zero attached hydrogens (tertiary/aromatic N) is 3. The molecule has 0 unspecified atom stereocenters. The summed E-state index contributed by atoms with van der Waals surface area (Å²) in [7, 11) is 0. The average molecular weight is 406 g/mol. The van der Waals surface area contributed by atoms with Gasteiger partial charge >= 0.3 is 11.3 Å². The van der Waals surface area contributed by atoms with Crippen molar-refractivity contribution in [1.29, 1.82) is 0 Å². The number of benzene rings is 2. The van der Waals surface area contributed by atoms with E-state index in [1.54, 1.807) is 15.7 Å². The van der Waals surface area contributed by atoms with Gasteiger partial charge in [-0.05, 0) is 35.4 Å². The molecule has 146 valence electrons. The Morgan fingerprint density at radius 3 is 2.72 bits per heavy atom. The molecule has 7 heteroatoms. The number of fused-ring (bicyclic) bond motifs is 3. The van der Waals surface area contributed by atoms with E-state index in [9.17, 15) is 9.59 Å². The Balaban J connectivity index is 2.06. The number of hydrogen-bond acceptors (Lipinski definition) is 4. The van der Waals surface area contributed by atoms with Crippen LogP contribution in [-0.4, -0.2) is 21.7 Å². The molecule has 0 saturated heterocycles. The highest BCUT2D eigenvalue weighted by Gasteiger charge is 2.45. The van der Waals surface area contributed by atoms with Gasteiger partial charge < -0.3 is 0 Å². The van der Waals surface area contributed by atoms with E-state index in [4.69, 9.17) is 5.10 Å². The van der Waals surface area contributed by atoms with Crippen LogP contribution in [0.4, 0.5) is 5.69 Å². The number of hydrogen-bond donors (Lipinski definition) is 1. The van der Waals surface area contributed by atoms with Crippen LogP contribution >= 0.6 is 11.8 Å². The fourth-order valence-corrected chi connectivity index (χ4v) is 4.26. The Labute approximate surface area is 172 Å². The first-order chi connectivity index (χ1) is 14.0. The molecule has 2 heterocycles. The van der Waals surface area contributed by atoms with Crippen molar-refractivity contribution in [2.75, 3.05) is 10.7 Å². The summed E-state index contributed by atoms with van der Waals surface area (Å²) < 4.78 is 1.68. The summed E-state index contributed by atoms with van der Waals surface area (Å²) in [6.45, 7) is 7.26. The summed E-state index contributed by atoms with van der Waals surface area (Å²) in [6.07, 6.45) is 1.20. The van der Waals surface area contributed by atoms with Crippen molar-refractivity contribution in [3.8, 4) is 11.3 Å². The number of nitrogens with one attached hydrogen (secondary N) is 1. The van der Waals surface area contributed by atoms with Crippen molar-refractivity contribution < 1.29 is 9.48 Å². The zero-order chi connectivity index (χ0) is 20.5. The highest BCUT2D eigenvalue weighted by atomic mass is 32.2. The Morgan fingerprint density at radius 1 is 1.28 bits per heavy atom. The molecule has 1 atom stereocenters. The van der Waals surface area contributed by atoms with Crippen LogP contribution in [0.2, 0.25) is 0 Å². The number of aryl methyl sites for hydroxylation is 1. The Kier molecular flexibility index (Phi) is 5.07. The maximum Gasteiger partial charge on any atom is 0.325 e. The van der Waals surface area contributed by atoms with E-state index in [1.807, 2.05) is 55.5 Å². The van der Waals surface area contributed by atoms with Crippen molar-refractivity contribution >= 4 is 23.4 Å². The first-order valence-electron chi connectivity index (χ1n) is 9.27. The predicted octanol–water partition coefficient (Wildman–Crippen LogP) is 3.22. The van der Waals surface area contributed by atoms with E-state index in [0.29, 0.717) is 27.9 Å². The van der Waals surface area contributed by atoms with Gasteiger partial charge in [-0.2, -0.15) is 0 Å².